The third kappa shape index (κ3) is 5.10. The summed E-state index contributed by atoms with van der Waals surface area (Å²) < 4.78 is 26.7. The van der Waals surface area contributed by atoms with Crippen molar-refractivity contribution in [3.05, 3.63) is 65.0 Å². The Morgan fingerprint density at radius 2 is 2.04 bits per heavy atom. The predicted molar refractivity (Wildman–Crippen MR) is 84.0 cm³/mol. The second-order valence-electron chi connectivity index (χ2n) is 5.23. The van der Waals surface area contributed by atoms with Crippen LogP contribution in [0.25, 0.3) is 0 Å². The highest BCUT2D eigenvalue weighted by molar-refractivity contribution is 5.94. The minimum absolute atomic E-state index is 0.132. The number of rotatable bonds is 7. The van der Waals surface area contributed by atoms with Crippen molar-refractivity contribution in [1.82, 2.24) is 15.6 Å². The van der Waals surface area contributed by atoms with Gasteiger partial charge in [0.2, 0.25) is 0 Å². The molecule has 1 heterocycles. The lowest BCUT2D eigenvalue weighted by Gasteiger charge is -2.08. The number of hydrogen-bond donors (Lipinski definition) is 2. The predicted octanol–water partition coefficient (Wildman–Crippen LogP) is 2.58. The van der Waals surface area contributed by atoms with Crippen LogP contribution in [0.3, 0.4) is 0 Å². The summed E-state index contributed by atoms with van der Waals surface area (Å²) >= 11 is 0. The van der Waals surface area contributed by atoms with Crippen molar-refractivity contribution in [3.8, 4) is 0 Å². The van der Waals surface area contributed by atoms with Crippen LogP contribution in [0.15, 0.2) is 36.7 Å². The average molecular weight is 319 g/mol. The Morgan fingerprint density at radius 1 is 1.22 bits per heavy atom. The van der Waals surface area contributed by atoms with E-state index in [1.54, 1.807) is 12.4 Å². The minimum Gasteiger partial charge on any atom is -0.352 e. The Bertz CT molecular complexity index is 662. The Labute approximate surface area is 133 Å². The Morgan fingerprint density at radius 3 is 2.78 bits per heavy atom. The van der Waals surface area contributed by atoms with Crippen LogP contribution in [0, 0.1) is 18.6 Å². The molecule has 1 aromatic carbocycles. The summed E-state index contributed by atoms with van der Waals surface area (Å²) in [5.41, 5.74) is 1.20. The van der Waals surface area contributed by atoms with E-state index >= 15 is 0 Å². The largest absolute Gasteiger partial charge is 0.352 e. The maximum Gasteiger partial charge on any atom is 0.254 e. The fraction of sp³-hybridized carbons (Fsp3) is 0.294. The minimum atomic E-state index is -0.847. The number of pyridine rings is 1. The van der Waals surface area contributed by atoms with Gasteiger partial charge in [-0.1, -0.05) is 6.07 Å². The molecule has 122 valence electrons. The number of halogens is 2. The number of carbonyl (C=O) groups excluding carboxylic acids is 1. The van der Waals surface area contributed by atoms with Gasteiger partial charge in [-0.3, -0.25) is 9.78 Å². The molecule has 0 aliphatic heterocycles. The van der Waals surface area contributed by atoms with Crippen LogP contribution in [0.4, 0.5) is 8.78 Å². The zero-order valence-corrected chi connectivity index (χ0v) is 12.9. The molecule has 0 radical (unpaired) electrons. The average Bonchev–Trinajstić information content (AvgIpc) is 2.55. The van der Waals surface area contributed by atoms with Crippen LogP contribution >= 0.6 is 0 Å². The van der Waals surface area contributed by atoms with Gasteiger partial charge in [-0.25, -0.2) is 8.78 Å². The monoisotopic (exact) mass is 319 g/mol. The summed E-state index contributed by atoms with van der Waals surface area (Å²) in [5.74, 6) is -2.03. The maximum atomic E-state index is 13.6. The second-order valence-corrected chi connectivity index (χ2v) is 5.23. The topological polar surface area (TPSA) is 54.0 Å². The van der Waals surface area contributed by atoms with Crippen molar-refractivity contribution in [2.45, 2.75) is 19.9 Å². The molecule has 0 spiro atoms. The zero-order valence-electron chi connectivity index (χ0n) is 12.9. The molecule has 0 fully saturated rings. The molecular weight excluding hydrogens is 300 g/mol. The lowest BCUT2D eigenvalue weighted by Crippen LogP contribution is -2.28. The van der Waals surface area contributed by atoms with Crippen molar-refractivity contribution in [2.75, 3.05) is 13.1 Å². The normalized spacial score (nSPS) is 10.6. The summed E-state index contributed by atoms with van der Waals surface area (Å²) in [6.45, 7) is 3.32. The van der Waals surface area contributed by atoms with Gasteiger partial charge in [0.25, 0.3) is 5.91 Å². The lowest BCUT2D eigenvalue weighted by molar-refractivity contribution is 0.0949. The highest BCUT2D eigenvalue weighted by Gasteiger charge is 2.13. The maximum absolute atomic E-state index is 13.6. The van der Waals surface area contributed by atoms with Crippen LogP contribution in [0.5, 0.6) is 0 Å². The zero-order chi connectivity index (χ0) is 16.7. The van der Waals surface area contributed by atoms with Crippen LogP contribution in [-0.2, 0) is 6.54 Å². The molecule has 2 rings (SSSR count). The number of nitrogens with zero attached hydrogens (tertiary/aromatic N) is 1. The van der Waals surface area contributed by atoms with E-state index in [0.717, 1.165) is 11.6 Å². The summed E-state index contributed by atoms with van der Waals surface area (Å²) in [6, 6.07) is 5.80. The van der Waals surface area contributed by atoms with Gasteiger partial charge in [0.15, 0.2) is 0 Å². The molecule has 1 amide bonds. The van der Waals surface area contributed by atoms with E-state index in [1.165, 1.54) is 13.0 Å². The summed E-state index contributed by atoms with van der Waals surface area (Å²) in [7, 11) is 0. The lowest BCUT2D eigenvalue weighted by atomic mass is 10.1. The molecule has 0 atom stereocenters. The van der Waals surface area contributed by atoms with Gasteiger partial charge in [0, 0.05) is 31.5 Å². The van der Waals surface area contributed by atoms with Gasteiger partial charge >= 0.3 is 0 Å². The Kier molecular flexibility index (Phi) is 6.17. The first-order chi connectivity index (χ1) is 11.1. The molecule has 0 saturated carbocycles. The molecule has 0 bridgehead atoms. The van der Waals surface area contributed by atoms with E-state index in [1.807, 2.05) is 12.1 Å². The summed E-state index contributed by atoms with van der Waals surface area (Å²) in [6.07, 6.45) is 4.21. The van der Waals surface area contributed by atoms with Gasteiger partial charge in [0.1, 0.15) is 11.6 Å². The van der Waals surface area contributed by atoms with E-state index in [0.29, 0.717) is 26.1 Å². The van der Waals surface area contributed by atoms with Crippen molar-refractivity contribution < 1.29 is 13.6 Å². The number of hydrogen-bond acceptors (Lipinski definition) is 3. The number of amides is 1. The van der Waals surface area contributed by atoms with Gasteiger partial charge in [0.05, 0.1) is 5.56 Å². The van der Waals surface area contributed by atoms with Crippen LogP contribution in [0.2, 0.25) is 0 Å². The van der Waals surface area contributed by atoms with Crippen LogP contribution in [0.1, 0.15) is 27.9 Å². The van der Waals surface area contributed by atoms with E-state index in [-0.39, 0.29) is 11.1 Å². The smallest absolute Gasteiger partial charge is 0.254 e. The van der Waals surface area contributed by atoms with Gasteiger partial charge < -0.3 is 10.6 Å². The van der Waals surface area contributed by atoms with Crippen LogP contribution in [-0.4, -0.2) is 24.0 Å². The molecule has 6 heteroatoms. The number of aromatic nitrogens is 1. The molecule has 2 N–H and O–H groups in total. The highest BCUT2D eigenvalue weighted by atomic mass is 19.1. The van der Waals surface area contributed by atoms with Gasteiger partial charge in [-0.05, 0) is 43.1 Å². The van der Waals surface area contributed by atoms with Crippen molar-refractivity contribution in [1.29, 1.82) is 0 Å². The van der Waals surface area contributed by atoms with E-state index in [4.69, 9.17) is 0 Å². The molecule has 23 heavy (non-hydrogen) atoms. The van der Waals surface area contributed by atoms with E-state index in [2.05, 4.69) is 15.6 Å². The molecule has 1 aromatic heterocycles. The first kappa shape index (κ1) is 17.0. The third-order valence-corrected chi connectivity index (χ3v) is 3.36. The quantitative estimate of drug-likeness (QED) is 0.771. The van der Waals surface area contributed by atoms with Gasteiger partial charge in [-0.15, -0.1) is 0 Å². The first-order valence-corrected chi connectivity index (χ1v) is 7.41. The number of carbonyl (C=O) groups is 1. The number of nitrogens with one attached hydrogen (secondary N) is 2. The molecule has 0 aliphatic rings. The van der Waals surface area contributed by atoms with E-state index < -0.39 is 17.5 Å². The van der Waals surface area contributed by atoms with Gasteiger partial charge in [-0.2, -0.15) is 0 Å². The molecule has 0 aliphatic carbocycles. The fourth-order valence-corrected chi connectivity index (χ4v) is 2.08. The van der Waals surface area contributed by atoms with Crippen molar-refractivity contribution in [3.63, 3.8) is 0 Å². The second kappa shape index (κ2) is 8.33. The molecule has 2 aromatic rings. The number of benzene rings is 1. The molecule has 4 nitrogen and oxygen atoms in total. The fourth-order valence-electron chi connectivity index (χ4n) is 2.08. The highest BCUT2D eigenvalue weighted by Crippen LogP contribution is 2.14. The SMILES string of the molecule is Cc1cc(C(=O)NCCCNCc2cccnc2)c(F)cc1F. The summed E-state index contributed by atoms with van der Waals surface area (Å²) in [5, 5.41) is 5.86. The van der Waals surface area contributed by atoms with Crippen LogP contribution < -0.4 is 10.6 Å². The number of aryl methyl sites for hydroxylation is 1. The van der Waals surface area contributed by atoms with E-state index in [9.17, 15) is 13.6 Å². The summed E-state index contributed by atoms with van der Waals surface area (Å²) in [4.78, 5) is 15.9. The van der Waals surface area contributed by atoms with Crippen molar-refractivity contribution >= 4 is 5.91 Å². The standard InChI is InChI=1S/C17H19F2N3O/c1-12-8-14(16(19)9-15(12)18)17(23)22-7-3-6-21-11-13-4-2-5-20-10-13/h2,4-5,8-10,21H,3,6-7,11H2,1H3,(H,22,23). The Hall–Kier alpha value is -2.34. The molecule has 0 unspecified atom stereocenters. The van der Waals surface area contributed by atoms with Crippen molar-refractivity contribution in [2.24, 2.45) is 0 Å². The third-order valence-electron chi connectivity index (χ3n) is 3.36. The molecule has 0 saturated heterocycles. The first-order valence-electron chi connectivity index (χ1n) is 7.41. The molecular formula is C17H19F2N3O. The Balaban J connectivity index is 1.70.